The minimum atomic E-state index is -4.09. The maximum atomic E-state index is 14.8. The van der Waals surface area contributed by atoms with Crippen LogP contribution in [0.4, 0.5) is 20.3 Å². The van der Waals surface area contributed by atoms with E-state index in [0.717, 1.165) is 16.4 Å². The van der Waals surface area contributed by atoms with E-state index in [1.165, 1.54) is 24.5 Å². The van der Waals surface area contributed by atoms with Gasteiger partial charge in [-0.25, -0.2) is 32.2 Å². The van der Waals surface area contributed by atoms with Crippen molar-refractivity contribution in [3.63, 3.8) is 0 Å². The first-order chi connectivity index (χ1) is 17.5. The summed E-state index contributed by atoms with van der Waals surface area (Å²) in [5.74, 6) is -4.00. The Balaban J connectivity index is 1.68. The van der Waals surface area contributed by atoms with Gasteiger partial charge in [-0.15, -0.1) is 0 Å². The molecule has 190 valence electrons. The number of hydrogen-bond donors (Lipinski definition) is 1. The number of alkyl halides is 2. The standard InChI is InChI=1S/C25H20BrF2N5O3S/c1-14-30-11-17(12-31-14)24(34)33(13-15-5-6-16-10-19(26)23(29)32-20(16)9-15)21-4-2-3-18-22(21)37(35,36)8-7-25(18,27)28/h2-6,9-12H,7-8,13H2,1H3,(H2,29,32). The number of halogens is 3. The lowest BCUT2D eigenvalue weighted by molar-refractivity contribution is -0.0126. The highest BCUT2D eigenvalue weighted by atomic mass is 79.9. The van der Waals surface area contributed by atoms with Gasteiger partial charge in [-0.3, -0.25) is 4.79 Å². The van der Waals surface area contributed by atoms with Crippen molar-refractivity contribution < 1.29 is 22.0 Å². The summed E-state index contributed by atoms with van der Waals surface area (Å²) in [5.41, 5.74) is 6.39. The lowest BCUT2D eigenvalue weighted by atomic mass is 10.0. The summed E-state index contributed by atoms with van der Waals surface area (Å²) >= 11 is 3.34. The summed E-state index contributed by atoms with van der Waals surface area (Å²) in [6.07, 6.45) is 1.81. The van der Waals surface area contributed by atoms with Crippen LogP contribution in [0.1, 0.15) is 33.7 Å². The molecule has 0 saturated carbocycles. The Labute approximate surface area is 219 Å². The zero-order valence-corrected chi connectivity index (χ0v) is 21.9. The summed E-state index contributed by atoms with van der Waals surface area (Å²) in [4.78, 5) is 26.8. The van der Waals surface area contributed by atoms with Crippen LogP contribution in [-0.2, 0) is 22.3 Å². The van der Waals surface area contributed by atoms with Gasteiger partial charge >= 0.3 is 0 Å². The molecule has 5 rings (SSSR count). The smallest absolute Gasteiger partial charge is 0.275 e. The van der Waals surface area contributed by atoms with Crippen molar-refractivity contribution >= 4 is 54.1 Å². The molecule has 0 atom stereocenters. The third-order valence-electron chi connectivity index (χ3n) is 6.15. The predicted molar refractivity (Wildman–Crippen MR) is 138 cm³/mol. The molecule has 1 aliphatic heterocycles. The number of nitrogens with zero attached hydrogens (tertiary/aromatic N) is 4. The van der Waals surface area contributed by atoms with Crippen LogP contribution in [0.25, 0.3) is 10.9 Å². The fourth-order valence-corrected chi connectivity index (χ4v) is 6.37. The Morgan fingerprint density at radius 1 is 1.16 bits per heavy atom. The first-order valence-corrected chi connectivity index (χ1v) is 13.6. The molecule has 0 spiro atoms. The number of pyridine rings is 1. The molecule has 0 aliphatic carbocycles. The monoisotopic (exact) mass is 587 g/mol. The molecule has 2 N–H and O–H groups in total. The molecule has 4 aromatic rings. The lowest BCUT2D eigenvalue weighted by Crippen LogP contribution is -2.35. The molecular formula is C25H20BrF2N5O3S. The lowest BCUT2D eigenvalue weighted by Gasteiger charge is -2.31. The van der Waals surface area contributed by atoms with Gasteiger partial charge in [0.25, 0.3) is 11.8 Å². The molecular weight excluding hydrogens is 568 g/mol. The first kappa shape index (κ1) is 25.2. The number of nitrogens with two attached hydrogens (primary N) is 1. The average Bonchev–Trinajstić information content (AvgIpc) is 2.86. The molecule has 2 aromatic carbocycles. The second kappa shape index (κ2) is 9.10. The number of nitrogen functional groups attached to an aromatic ring is 1. The summed E-state index contributed by atoms with van der Waals surface area (Å²) in [6.45, 7) is 1.53. The number of sulfone groups is 1. The SMILES string of the molecule is Cc1ncc(C(=O)N(Cc2ccc3cc(Br)c(N)nc3c2)c2cccc3c2S(=O)(=O)CCC3(F)F)cn1. The van der Waals surface area contributed by atoms with Gasteiger partial charge in [-0.1, -0.05) is 24.3 Å². The summed E-state index contributed by atoms with van der Waals surface area (Å²) in [7, 11) is -4.09. The van der Waals surface area contributed by atoms with Crippen LogP contribution in [0.15, 0.2) is 64.2 Å². The van der Waals surface area contributed by atoms with Crippen molar-refractivity contribution in [1.82, 2.24) is 15.0 Å². The third kappa shape index (κ3) is 4.66. The molecule has 0 radical (unpaired) electrons. The van der Waals surface area contributed by atoms with Crippen molar-refractivity contribution in [2.75, 3.05) is 16.4 Å². The molecule has 3 heterocycles. The van der Waals surface area contributed by atoms with E-state index < -0.39 is 44.3 Å². The van der Waals surface area contributed by atoms with E-state index in [4.69, 9.17) is 5.73 Å². The Kier molecular flexibility index (Phi) is 6.19. The number of hydrogen-bond acceptors (Lipinski definition) is 7. The molecule has 1 amide bonds. The van der Waals surface area contributed by atoms with Crippen LogP contribution in [0.2, 0.25) is 0 Å². The first-order valence-electron chi connectivity index (χ1n) is 11.2. The molecule has 12 heteroatoms. The molecule has 0 unspecified atom stereocenters. The average molecular weight is 588 g/mol. The van der Waals surface area contributed by atoms with E-state index in [2.05, 4.69) is 30.9 Å². The molecule has 37 heavy (non-hydrogen) atoms. The fraction of sp³-hybridized carbons (Fsp3) is 0.200. The number of benzene rings is 2. The number of carbonyl (C=O) groups is 1. The van der Waals surface area contributed by atoms with E-state index in [0.29, 0.717) is 21.4 Å². The van der Waals surface area contributed by atoms with Crippen LogP contribution in [0, 0.1) is 6.92 Å². The Morgan fingerprint density at radius 3 is 2.62 bits per heavy atom. The number of aromatic nitrogens is 3. The number of carbonyl (C=O) groups excluding carboxylic acids is 1. The van der Waals surface area contributed by atoms with Crippen molar-refractivity contribution in [2.45, 2.75) is 30.7 Å². The Morgan fingerprint density at radius 2 is 1.89 bits per heavy atom. The maximum absolute atomic E-state index is 14.8. The van der Waals surface area contributed by atoms with E-state index in [1.54, 1.807) is 31.2 Å². The number of aryl methyl sites for hydroxylation is 1. The summed E-state index contributed by atoms with van der Waals surface area (Å²) < 4.78 is 56.4. The van der Waals surface area contributed by atoms with Gasteiger partial charge in [-0.2, -0.15) is 0 Å². The van der Waals surface area contributed by atoms with Crippen molar-refractivity contribution in [3.8, 4) is 0 Å². The second-order valence-electron chi connectivity index (χ2n) is 8.72. The summed E-state index contributed by atoms with van der Waals surface area (Å²) in [5, 5.41) is 0.786. The third-order valence-corrected chi connectivity index (χ3v) is 8.58. The zero-order chi connectivity index (χ0) is 26.5. The van der Waals surface area contributed by atoms with Gasteiger partial charge < -0.3 is 10.6 Å². The van der Waals surface area contributed by atoms with Crippen molar-refractivity contribution in [2.24, 2.45) is 0 Å². The van der Waals surface area contributed by atoms with Gasteiger partial charge in [0.15, 0.2) is 9.84 Å². The van der Waals surface area contributed by atoms with Crippen molar-refractivity contribution in [3.05, 3.63) is 81.8 Å². The van der Waals surface area contributed by atoms with Crippen molar-refractivity contribution in [1.29, 1.82) is 0 Å². The Bertz CT molecular complexity index is 1660. The minimum Gasteiger partial charge on any atom is -0.383 e. The molecule has 2 aromatic heterocycles. The summed E-state index contributed by atoms with van der Waals surface area (Å²) in [6, 6.07) is 10.8. The highest BCUT2D eigenvalue weighted by Crippen LogP contribution is 2.45. The van der Waals surface area contributed by atoms with Gasteiger partial charge in [-0.05, 0) is 46.6 Å². The number of amides is 1. The molecule has 8 nitrogen and oxygen atoms in total. The van der Waals surface area contributed by atoms with E-state index in [1.807, 2.05) is 0 Å². The molecule has 0 bridgehead atoms. The predicted octanol–water partition coefficient (Wildman–Crippen LogP) is 4.79. The topological polar surface area (TPSA) is 119 Å². The van der Waals surface area contributed by atoms with Crippen LogP contribution >= 0.6 is 15.9 Å². The van der Waals surface area contributed by atoms with Crippen LogP contribution < -0.4 is 10.6 Å². The van der Waals surface area contributed by atoms with Gasteiger partial charge in [0, 0.05) is 29.8 Å². The van der Waals surface area contributed by atoms with Gasteiger partial charge in [0.1, 0.15) is 11.6 Å². The normalized spacial score (nSPS) is 15.8. The number of rotatable bonds is 4. The number of anilines is 2. The second-order valence-corrected chi connectivity index (χ2v) is 11.6. The van der Waals surface area contributed by atoms with E-state index >= 15 is 0 Å². The van der Waals surface area contributed by atoms with Gasteiger partial charge in [0.05, 0.1) is 38.4 Å². The quantitative estimate of drug-likeness (QED) is 0.364. The maximum Gasteiger partial charge on any atom is 0.275 e. The van der Waals surface area contributed by atoms with E-state index in [9.17, 15) is 22.0 Å². The van der Waals surface area contributed by atoms with Gasteiger partial charge in [0.2, 0.25) is 0 Å². The van der Waals surface area contributed by atoms with Crippen LogP contribution in [0.3, 0.4) is 0 Å². The highest BCUT2D eigenvalue weighted by Gasteiger charge is 2.45. The number of fused-ring (bicyclic) bond motifs is 2. The molecule has 1 aliphatic rings. The Hall–Kier alpha value is -3.51. The van der Waals surface area contributed by atoms with Crippen LogP contribution in [-0.4, -0.2) is 35.0 Å². The highest BCUT2D eigenvalue weighted by molar-refractivity contribution is 9.10. The largest absolute Gasteiger partial charge is 0.383 e. The zero-order valence-electron chi connectivity index (χ0n) is 19.5. The molecule has 0 saturated heterocycles. The molecule has 0 fully saturated rings. The minimum absolute atomic E-state index is 0.0789. The fourth-order valence-electron chi connectivity index (χ4n) is 4.26. The van der Waals surface area contributed by atoms with E-state index in [-0.39, 0.29) is 23.6 Å². The van der Waals surface area contributed by atoms with Crippen LogP contribution in [0.5, 0.6) is 0 Å².